The fraction of sp³-hybridized carbons (Fsp3) is 0.0444. The van der Waals surface area contributed by atoms with Crippen LogP contribution in [0.25, 0.3) is 89.1 Å². The Morgan fingerprint density at radius 2 is 1.04 bits per heavy atom. The van der Waals surface area contributed by atoms with Gasteiger partial charge < -0.3 is 4.42 Å². The fourth-order valence-corrected chi connectivity index (χ4v) is 10.9. The second kappa shape index (κ2) is 10.9. The summed E-state index contributed by atoms with van der Waals surface area (Å²) in [5.41, 5.74) is 9.29. The number of para-hydroxylation sites is 2. The summed E-state index contributed by atoms with van der Waals surface area (Å²) in [7, 11) is -1.90. The van der Waals surface area contributed by atoms with Gasteiger partial charge in [-0.2, -0.15) is 0 Å². The number of rotatable bonds is 4. The first-order valence-corrected chi connectivity index (χ1v) is 20.0. The van der Waals surface area contributed by atoms with Crippen LogP contribution in [-0.2, 0) is 0 Å². The van der Waals surface area contributed by atoms with E-state index in [1.54, 1.807) is 0 Å². The quantitative estimate of drug-likeness (QED) is 0.177. The molecule has 0 unspecified atom stereocenters. The summed E-state index contributed by atoms with van der Waals surface area (Å²) in [4.78, 5) is 15.6. The van der Waals surface area contributed by atoms with Crippen molar-refractivity contribution in [2.24, 2.45) is 0 Å². The molecule has 10 rings (SSSR count). The number of nitrogens with zero attached hydrogens (tertiary/aromatic N) is 3. The highest BCUT2D eigenvalue weighted by molar-refractivity contribution is 7.04. The first-order chi connectivity index (χ1) is 24.5. The predicted octanol–water partition coefficient (Wildman–Crippen LogP) is 10.4. The highest BCUT2D eigenvalue weighted by Gasteiger charge is 2.38. The van der Waals surface area contributed by atoms with Crippen molar-refractivity contribution in [3.63, 3.8) is 0 Å². The number of benzene rings is 7. The molecule has 4 nitrogen and oxygen atoms in total. The molecule has 0 aliphatic carbocycles. The van der Waals surface area contributed by atoms with Gasteiger partial charge >= 0.3 is 0 Å². The van der Waals surface area contributed by atoms with Crippen LogP contribution in [0.5, 0.6) is 0 Å². The lowest BCUT2D eigenvalue weighted by Gasteiger charge is -2.18. The van der Waals surface area contributed by atoms with E-state index in [1.807, 2.05) is 18.2 Å². The third-order valence-electron chi connectivity index (χ3n) is 10.4. The first kappa shape index (κ1) is 28.8. The monoisotopic (exact) mass is 657 g/mol. The molecule has 0 fully saturated rings. The minimum absolute atomic E-state index is 0.591. The van der Waals surface area contributed by atoms with E-state index in [2.05, 4.69) is 147 Å². The maximum atomic E-state index is 6.48. The molecule has 0 radical (unpaired) electrons. The summed E-state index contributed by atoms with van der Waals surface area (Å²) in [6, 6.07) is 53.5. The van der Waals surface area contributed by atoms with Crippen molar-refractivity contribution in [2.75, 3.05) is 0 Å². The Morgan fingerprint density at radius 3 is 1.92 bits per heavy atom. The highest BCUT2D eigenvalue weighted by Crippen LogP contribution is 2.39. The van der Waals surface area contributed by atoms with E-state index in [0.717, 1.165) is 44.2 Å². The summed E-state index contributed by atoms with van der Waals surface area (Å²) in [6.45, 7) is 4.87. The summed E-state index contributed by atoms with van der Waals surface area (Å²) in [5.74, 6) is 1.88. The van der Waals surface area contributed by atoms with Crippen LogP contribution in [0.3, 0.4) is 0 Å². The molecule has 0 spiro atoms. The van der Waals surface area contributed by atoms with Crippen LogP contribution in [0.1, 0.15) is 0 Å². The van der Waals surface area contributed by atoms with Gasteiger partial charge in [0.2, 0.25) is 0 Å². The van der Waals surface area contributed by atoms with Gasteiger partial charge in [-0.25, -0.2) is 15.0 Å². The van der Waals surface area contributed by atoms with Crippen LogP contribution in [0.4, 0.5) is 0 Å². The Balaban J connectivity index is 1.18. The van der Waals surface area contributed by atoms with Gasteiger partial charge in [0.25, 0.3) is 0 Å². The maximum Gasteiger partial charge on any atom is 0.167 e. The lowest BCUT2D eigenvalue weighted by molar-refractivity contribution is 0.669. The van der Waals surface area contributed by atoms with E-state index < -0.39 is 8.07 Å². The largest absolute Gasteiger partial charge is 0.455 e. The predicted molar refractivity (Wildman–Crippen MR) is 209 cm³/mol. The molecule has 9 aromatic rings. The van der Waals surface area contributed by atoms with Crippen molar-refractivity contribution in [1.29, 1.82) is 0 Å². The lowest BCUT2D eigenvalue weighted by atomic mass is 9.99. The molecule has 236 valence electrons. The van der Waals surface area contributed by atoms with Crippen molar-refractivity contribution in [1.82, 2.24) is 15.0 Å². The van der Waals surface area contributed by atoms with E-state index >= 15 is 0 Å². The molecule has 5 heteroatoms. The van der Waals surface area contributed by atoms with Crippen LogP contribution in [0, 0.1) is 0 Å². The molecule has 3 heterocycles. The van der Waals surface area contributed by atoms with Crippen molar-refractivity contribution in [3.8, 4) is 56.4 Å². The molecular weight excluding hydrogens is 627 g/mol. The van der Waals surface area contributed by atoms with E-state index in [9.17, 15) is 0 Å². The third kappa shape index (κ3) is 4.40. The number of fused-ring (bicyclic) bond motifs is 7. The molecule has 50 heavy (non-hydrogen) atoms. The van der Waals surface area contributed by atoms with Gasteiger partial charge in [0.15, 0.2) is 17.5 Å². The average molecular weight is 658 g/mol. The summed E-state index contributed by atoms with van der Waals surface area (Å²) in [6.07, 6.45) is 0. The van der Waals surface area contributed by atoms with Crippen molar-refractivity contribution < 1.29 is 4.42 Å². The van der Waals surface area contributed by atoms with Crippen molar-refractivity contribution >= 4 is 51.2 Å². The Bertz CT molecular complexity index is 2800. The summed E-state index contributed by atoms with van der Waals surface area (Å²) in [5, 5.41) is 7.45. The number of hydrogen-bond donors (Lipinski definition) is 0. The smallest absolute Gasteiger partial charge is 0.167 e. The molecule has 1 aliphatic heterocycles. The second-order valence-corrected chi connectivity index (χ2v) is 18.0. The molecular formula is C45H31N3OSi. The molecule has 0 N–H and O–H groups in total. The average Bonchev–Trinajstić information content (AvgIpc) is 3.67. The molecule has 0 atom stereocenters. The lowest BCUT2D eigenvalue weighted by Crippen LogP contribution is -2.49. The number of aromatic nitrogens is 3. The zero-order valence-electron chi connectivity index (χ0n) is 27.7. The summed E-state index contributed by atoms with van der Waals surface area (Å²) < 4.78 is 6.48. The van der Waals surface area contributed by atoms with Gasteiger partial charge in [-0.15, -0.1) is 0 Å². The van der Waals surface area contributed by atoms with Crippen LogP contribution < -0.4 is 10.4 Å². The first-order valence-electron chi connectivity index (χ1n) is 17.0. The van der Waals surface area contributed by atoms with Gasteiger partial charge in [-0.05, 0) is 61.6 Å². The van der Waals surface area contributed by atoms with Crippen LogP contribution in [0.15, 0.2) is 156 Å². The van der Waals surface area contributed by atoms with Crippen molar-refractivity contribution in [2.45, 2.75) is 13.1 Å². The van der Waals surface area contributed by atoms with Crippen LogP contribution in [0.2, 0.25) is 13.1 Å². The van der Waals surface area contributed by atoms with Gasteiger partial charge in [-0.1, -0.05) is 147 Å². The van der Waals surface area contributed by atoms with Gasteiger partial charge in [0.1, 0.15) is 19.2 Å². The normalized spacial score (nSPS) is 13.2. The highest BCUT2D eigenvalue weighted by atomic mass is 28.3. The van der Waals surface area contributed by atoms with E-state index in [0.29, 0.717) is 17.5 Å². The Morgan fingerprint density at radius 1 is 0.440 bits per heavy atom. The Labute approximate surface area is 290 Å². The fourth-order valence-electron chi connectivity index (χ4n) is 7.79. The topological polar surface area (TPSA) is 51.8 Å². The maximum absolute atomic E-state index is 6.48. The van der Waals surface area contributed by atoms with Gasteiger partial charge in [0, 0.05) is 21.9 Å². The minimum Gasteiger partial charge on any atom is -0.455 e. The van der Waals surface area contributed by atoms with Crippen LogP contribution in [-0.4, -0.2) is 23.0 Å². The van der Waals surface area contributed by atoms with E-state index in [1.165, 1.54) is 37.8 Å². The molecule has 0 saturated heterocycles. The summed E-state index contributed by atoms with van der Waals surface area (Å²) >= 11 is 0. The molecule has 0 saturated carbocycles. The minimum atomic E-state index is -1.90. The van der Waals surface area contributed by atoms with Gasteiger partial charge in [-0.3, -0.25) is 0 Å². The number of hydrogen-bond acceptors (Lipinski definition) is 4. The third-order valence-corrected chi connectivity index (χ3v) is 13.9. The molecule has 7 aromatic carbocycles. The van der Waals surface area contributed by atoms with E-state index in [4.69, 9.17) is 19.4 Å². The Kier molecular flexibility index (Phi) is 6.29. The van der Waals surface area contributed by atoms with Crippen molar-refractivity contribution in [3.05, 3.63) is 152 Å². The standard InChI is InChI=1S/C45H31N3OSi/c1-50(2)39-19-8-6-14-35(39)41-36(16-10-20-40(41)50)44-46-43(30-24-21-29(22-25-30)32-26-23-28-11-3-4-12-31(28)27-32)47-45(48-44)37-17-9-15-34-33-13-5-7-18-38(33)49-42(34)37/h3-27H,1-2H3. The second-order valence-electron chi connectivity index (χ2n) is 13.6. The SMILES string of the molecule is C[Si]1(C)c2ccccc2-c2c(-c3nc(-c4ccc(-c5ccc6ccccc6c5)cc4)nc(-c4cccc5c4oc4ccccc45)n3)cccc21. The zero-order valence-corrected chi connectivity index (χ0v) is 28.7. The number of furan rings is 1. The molecule has 0 amide bonds. The molecule has 0 bridgehead atoms. The van der Waals surface area contributed by atoms with E-state index in [-0.39, 0.29) is 0 Å². The zero-order chi connectivity index (χ0) is 33.4. The molecule has 1 aliphatic rings. The van der Waals surface area contributed by atoms with Crippen LogP contribution >= 0.6 is 0 Å². The van der Waals surface area contributed by atoms with Gasteiger partial charge in [0.05, 0.1) is 5.56 Å². The Hall–Kier alpha value is -6.17. The molecule has 2 aromatic heterocycles.